The van der Waals surface area contributed by atoms with Crippen molar-refractivity contribution in [3.63, 3.8) is 0 Å². The van der Waals surface area contributed by atoms with Crippen LogP contribution in [0, 0.1) is 5.92 Å². The lowest BCUT2D eigenvalue weighted by Crippen LogP contribution is -2.47. The number of benzene rings is 1. The molecule has 1 heterocycles. The van der Waals surface area contributed by atoms with Crippen molar-refractivity contribution >= 4 is 0 Å². The lowest BCUT2D eigenvalue weighted by molar-refractivity contribution is -0.0687. The predicted octanol–water partition coefficient (Wildman–Crippen LogP) is 3.16. The molecule has 3 nitrogen and oxygen atoms in total. The molecule has 3 unspecified atom stereocenters. The third-order valence-electron chi connectivity index (χ3n) is 3.64. The fraction of sp³-hybridized carbons (Fsp3) is 0.625. The van der Waals surface area contributed by atoms with E-state index < -0.39 is 0 Å². The summed E-state index contributed by atoms with van der Waals surface area (Å²) in [4.78, 5) is 0. The quantitative estimate of drug-likeness (QED) is 0.905. The summed E-state index contributed by atoms with van der Waals surface area (Å²) in [5.41, 5.74) is 1.22. The Bertz CT molecular complexity index is 388. The smallest absolute Gasteiger partial charge is 0.118 e. The second-order valence-corrected chi connectivity index (χ2v) is 5.78. The molecule has 0 saturated carbocycles. The molecule has 3 heteroatoms. The molecule has 0 bridgehead atoms. The number of hydrogen-bond acceptors (Lipinski definition) is 3. The molecule has 1 fully saturated rings. The van der Waals surface area contributed by atoms with Crippen molar-refractivity contribution in [1.29, 1.82) is 0 Å². The molecule has 19 heavy (non-hydrogen) atoms. The second-order valence-electron chi connectivity index (χ2n) is 5.78. The van der Waals surface area contributed by atoms with Gasteiger partial charge in [0.1, 0.15) is 5.75 Å². The van der Waals surface area contributed by atoms with Gasteiger partial charge in [0.05, 0.1) is 19.3 Å². The average molecular weight is 263 g/mol. The van der Waals surface area contributed by atoms with Gasteiger partial charge in [-0.05, 0) is 37.0 Å². The van der Waals surface area contributed by atoms with Crippen molar-refractivity contribution in [2.45, 2.75) is 45.4 Å². The van der Waals surface area contributed by atoms with Gasteiger partial charge in [0.25, 0.3) is 0 Å². The maximum absolute atomic E-state index is 6.27. The van der Waals surface area contributed by atoms with Crippen LogP contribution in [0.2, 0.25) is 0 Å². The Kier molecular flexibility index (Phi) is 4.83. The Hall–Kier alpha value is -1.06. The largest absolute Gasteiger partial charge is 0.497 e. The second kappa shape index (κ2) is 6.40. The van der Waals surface area contributed by atoms with E-state index in [0.29, 0.717) is 18.1 Å². The van der Waals surface area contributed by atoms with Gasteiger partial charge >= 0.3 is 0 Å². The summed E-state index contributed by atoms with van der Waals surface area (Å²) in [6.45, 7) is 7.61. The van der Waals surface area contributed by atoms with Gasteiger partial charge in [0.15, 0.2) is 0 Å². The third-order valence-corrected chi connectivity index (χ3v) is 3.64. The molecule has 1 aliphatic rings. The highest BCUT2D eigenvalue weighted by Crippen LogP contribution is 2.29. The molecule has 0 aliphatic carbocycles. The van der Waals surface area contributed by atoms with E-state index in [1.54, 1.807) is 7.11 Å². The van der Waals surface area contributed by atoms with Crippen LogP contribution < -0.4 is 10.1 Å². The average Bonchev–Trinajstić information content (AvgIpc) is 2.40. The Morgan fingerprint density at radius 1 is 1.32 bits per heavy atom. The SMILES string of the molecule is COc1ccc(C2OC(CC(C)C)CNC2C)cc1. The first kappa shape index (κ1) is 14.4. The molecular formula is C16H25NO2. The Labute approximate surface area is 116 Å². The first-order valence-corrected chi connectivity index (χ1v) is 7.13. The van der Waals surface area contributed by atoms with E-state index in [1.165, 1.54) is 5.56 Å². The summed E-state index contributed by atoms with van der Waals surface area (Å²) in [5.74, 6) is 1.55. The van der Waals surface area contributed by atoms with Crippen LogP contribution in [-0.4, -0.2) is 25.8 Å². The molecule has 0 spiro atoms. The number of methoxy groups -OCH3 is 1. The monoisotopic (exact) mass is 263 g/mol. The minimum atomic E-state index is 0.128. The highest BCUT2D eigenvalue weighted by molar-refractivity contribution is 5.29. The van der Waals surface area contributed by atoms with Gasteiger partial charge in [-0.15, -0.1) is 0 Å². The molecule has 0 aromatic heterocycles. The third kappa shape index (κ3) is 3.71. The van der Waals surface area contributed by atoms with E-state index in [-0.39, 0.29) is 6.10 Å². The van der Waals surface area contributed by atoms with Crippen LogP contribution in [0.5, 0.6) is 5.75 Å². The lowest BCUT2D eigenvalue weighted by Gasteiger charge is -2.37. The van der Waals surface area contributed by atoms with Crippen molar-refractivity contribution in [2.75, 3.05) is 13.7 Å². The lowest BCUT2D eigenvalue weighted by atomic mass is 9.98. The summed E-state index contributed by atoms with van der Waals surface area (Å²) in [6.07, 6.45) is 1.54. The van der Waals surface area contributed by atoms with E-state index in [0.717, 1.165) is 18.7 Å². The molecule has 1 aromatic carbocycles. The van der Waals surface area contributed by atoms with E-state index in [1.807, 2.05) is 12.1 Å². The first-order valence-electron chi connectivity index (χ1n) is 7.13. The fourth-order valence-corrected chi connectivity index (χ4v) is 2.62. The van der Waals surface area contributed by atoms with Crippen molar-refractivity contribution in [1.82, 2.24) is 5.32 Å². The zero-order valence-corrected chi connectivity index (χ0v) is 12.3. The number of hydrogen-bond donors (Lipinski definition) is 1. The van der Waals surface area contributed by atoms with E-state index in [4.69, 9.17) is 9.47 Å². The summed E-state index contributed by atoms with van der Waals surface area (Å²) in [5, 5.41) is 3.56. The Balaban J connectivity index is 2.07. The van der Waals surface area contributed by atoms with Crippen LogP contribution in [0.15, 0.2) is 24.3 Å². The molecule has 0 radical (unpaired) electrons. The van der Waals surface area contributed by atoms with E-state index in [2.05, 4.69) is 38.2 Å². The highest BCUT2D eigenvalue weighted by Gasteiger charge is 2.29. The van der Waals surface area contributed by atoms with Crippen LogP contribution in [0.25, 0.3) is 0 Å². The normalized spacial score (nSPS) is 27.5. The molecule has 0 amide bonds. The molecule has 106 valence electrons. The van der Waals surface area contributed by atoms with E-state index in [9.17, 15) is 0 Å². The van der Waals surface area contributed by atoms with Gasteiger partial charge in [0.2, 0.25) is 0 Å². The zero-order valence-electron chi connectivity index (χ0n) is 12.3. The predicted molar refractivity (Wildman–Crippen MR) is 77.5 cm³/mol. The minimum absolute atomic E-state index is 0.128. The molecule has 1 saturated heterocycles. The summed E-state index contributed by atoms with van der Waals surface area (Å²) < 4.78 is 11.5. The molecule has 3 atom stereocenters. The van der Waals surface area contributed by atoms with E-state index >= 15 is 0 Å². The van der Waals surface area contributed by atoms with Gasteiger partial charge in [-0.2, -0.15) is 0 Å². The summed E-state index contributed by atoms with van der Waals surface area (Å²) in [6, 6.07) is 8.53. The fourth-order valence-electron chi connectivity index (χ4n) is 2.62. The standard InChI is InChI=1S/C16H25NO2/c1-11(2)9-15-10-17-12(3)16(19-15)13-5-7-14(18-4)8-6-13/h5-8,11-12,15-17H,9-10H2,1-4H3. The summed E-state index contributed by atoms with van der Waals surface area (Å²) in [7, 11) is 1.69. The number of ether oxygens (including phenoxy) is 2. The number of morpholine rings is 1. The van der Waals surface area contributed by atoms with Crippen molar-refractivity contribution < 1.29 is 9.47 Å². The maximum Gasteiger partial charge on any atom is 0.118 e. The van der Waals surface area contributed by atoms with Gasteiger partial charge < -0.3 is 14.8 Å². The van der Waals surface area contributed by atoms with Crippen LogP contribution in [0.1, 0.15) is 38.9 Å². The molecule has 1 aliphatic heterocycles. The topological polar surface area (TPSA) is 30.5 Å². The van der Waals surface area contributed by atoms with Gasteiger partial charge in [-0.3, -0.25) is 0 Å². The van der Waals surface area contributed by atoms with Crippen LogP contribution in [0.4, 0.5) is 0 Å². The van der Waals surface area contributed by atoms with Gasteiger partial charge in [-0.25, -0.2) is 0 Å². The molecule has 1 N–H and O–H groups in total. The minimum Gasteiger partial charge on any atom is -0.497 e. The molecular weight excluding hydrogens is 238 g/mol. The molecule has 1 aromatic rings. The van der Waals surface area contributed by atoms with Gasteiger partial charge in [0, 0.05) is 12.6 Å². The number of rotatable bonds is 4. The highest BCUT2D eigenvalue weighted by atomic mass is 16.5. The zero-order chi connectivity index (χ0) is 13.8. The van der Waals surface area contributed by atoms with Crippen molar-refractivity contribution in [2.24, 2.45) is 5.92 Å². The van der Waals surface area contributed by atoms with Crippen LogP contribution >= 0.6 is 0 Å². The molecule has 2 rings (SSSR count). The van der Waals surface area contributed by atoms with Gasteiger partial charge in [-0.1, -0.05) is 26.0 Å². The number of nitrogens with one attached hydrogen (secondary N) is 1. The maximum atomic E-state index is 6.27. The summed E-state index contributed by atoms with van der Waals surface area (Å²) >= 11 is 0. The van der Waals surface area contributed by atoms with Crippen LogP contribution in [-0.2, 0) is 4.74 Å². The Morgan fingerprint density at radius 2 is 2.00 bits per heavy atom. The van der Waals surface area contributed by atoms with Crippen molar-refractivity contribution in [3.8, 4) is 5.75 Å². The first-order chi connectivity index (χ1) is 9.10. The Morgan fingerprint density at radius 3 is 2.58 bits per heavy atom. The van der Waals surface area contributed by atoms with Crippen molar-refractivity contribution in [3.05, 3.63) is 29.8 Å². The van der Waals surface area contributed by atoms with Crippen LogP contribution in [0.3, 0.4) is 0 Å².